The molecule has 3 aromatic rings. The van der Waals surface area contributed by atoms with Crippen molar-refractivity contribution in [2.45, 2.75) is 33.1 Å². The van der Waals surface area contributed by atoms with E-state index in [1.54, 1.807) is 0 Å². The number of carbonyl (C=O) groups is 1. The van der Waals surface area contributed by atoms with Gasteiger partial charge < -0.3 is 15.0 Å². The molecule has 0 aliphatic heterocycles. The Bertz CT molecular complexity index is 862. The number of aromatic nitrogens is 1. The Morgan fingerprint density at radius 2 is 1.85 bits per heavy atom. The largest absolute Gasteiger partial charge is 0.491 e. The molecule has 0 atom stereocenters. The predicted octanol–water partition coefficient (Wildman–Crippen LogP) is 4.30. The molecular weight excluding hydrogens is 324 g/mol. The van der Waals surface area contributed by atoms with Gasteiger partial charge in [-0.25, -0.2) is 0 Å². The zero-order valence-corrected chi connectivity index (χ0v) is 15.5. The minimum Gasteiger partial charge on any atom is -0.491 e. The number of fused-ring (bicyclic) bond motifs is 1. The first-order valence-corrected chi connectivity index (χ1v) is 9.16. The summed E-state index contributed by atoms with van der Waals surface area (Å²) in [5.41, 5.74) is 4.66. The molecule has 136 valence electrons. The molecule has 0 unspecified atom stereocenters. The number of ether oxygens (including phenoxy) is 1. The van der Waals surface area contributed by atoms with E-state index in [1.165, 1.54) is 10.9 Å². The first-order valence-electron chi connectivity index (χ1n) is 9.16. The number of hydrogen-bond acceptors (Lipinski definition) is 2. The van der Waals surface area contributed by atoms with Gasteiger partial charge in [-0.2, -0.15) is 0 Å². The van der Waals surface area contributed by atoms with Crippen molar-refractivity contribution in [2.75, 3.05) is 13.2 Å². The van der Waals surface area contributed by atoms with Crippen molar-refractivity contribution < 1.29 is 9.53 Å². The number of aromatic amines is 1. The first kappa shape index (κ1) is 18.1. The fourth-order valence-corrected chi connectivity index (χ4v) is 3.24. The molecule has 26 heavy (non-hydrogen) atoms. The maximum atomic E-state index is 12.0. The van der Waals surface area contributed by atoms with E-state index in [0.29, 0.717) is 19.6 Å². The smallest absolute Gasteiger partial charge is 0.220 e. The minimum atomic E-state index is 0.0787. The molecule has 0 saturated heterocycles. The molecule has 0 saturated carbocycles. The molecule has 2 aromatic carbocycles. The molecule has 0 radical (unpaired) electrons. The van der Waals surface area contributed by atoms with Crippen LogP contribution in [-0.2, 0) is 11.2 Å². The standard InChI is InChI=1S/C22H26N2O2/c1-16-7-5-8-17(2)22(16)26-14-13-23-21(25)12-6-9-18-15-24-20-11-4-3-10-19(18)20/h3-5,7-8,10-11,15,24H,6,9,12-14H2,1-2H3,(H,23,25). The highest BCUT2D eigenvalue weighted by molar-refractivity contribution is 5.83. The van der Waals surface area contributed by atoms with Crippen molar-refractivity contribution in [2.24, 2.45) is 0 Å². The van der Waals surface area contributed by atoms with Crippen LogP contribution in [-0.4, -0.2) is 24.0 Å². The topological polar surface area (TPSA) is 54.1 Å². The zero-order valence-electron chi connectivity index (χ0n) is 15.5. The molecular formula is C22H26N2O2. The van der Waals surface area contributed by atoms with Crippen LogP contribution >= 0.6 is 0 Å². The average Bonchev–Trinajstić information content (AvgIpc) is 3.04. The first-order chi connectivity index (χ1) is 12.6. The van der Waals surface area contributed by atoms with Crippen LogP contribution in [0.3, 0.4) is 0 Å². The fraction of sp³-hybridized carbons (Fsp3) is 0.318. The third-order valence-electron chi connectivity index (χ3n) is 4.60. The van der Waals surface area contributed by atoms with Crippen LogP contribution in [0.25, 0.3) is 10.9 Å². The highest BCUT2D eigenvalue weighted by Gasteiger charge is 2.06. The maximum absolute atomic E-state index is 12.0. The lowest BCUT2D eigenvalue weighted by molar-refractivity contribution is -0.121. The van der Waals surface area contributed by atoms with Gasteiger partial charge in [0.1, 0.15) is 12.4 Å². The Balaban J connectivity index is 1.37. The van der Waals surface area contributed by atoms with Gasteiger partial charge in [0.25, 0.3) is 0 Å². The fourth-order valence-electron chi connectivity index (χ4n) is 3.24. The Kier molecular flexibility index (Phi) is 5.95. The van der Waals surface area contributed by atoms with Gasteiger partial charge in [-0.15, -0.1) is 0 Å². The third kappa shape index (κ3) is 4.45. The summed E-state index contributed by atoms with van der Waals surface area (Å²) in [5, 5.41) is 4.18. The molecule has 4 nitrogen and oxygen atoms in total. The molecule has 3 rings (SSSR count). The lowest BCUT2D eigenvalue weighted by Crippen LogP contribution is -2.28. The van der Waals surface area contributed by atoms with Gasteiger partial charge in [-0.1, -0.05) is 36.4 Å². The molecule has 0 aliphatic carbocycles. The number of amides is 1. The molecule has 0 aliphatic rings. The molecule has 1 amide bonds. The van der Waals surface area contributed by atoms with Gasteiger partial charge in [0.2, 0.25) is 5.91 Å². The highest BCUT2D eigenvalue weighted by atomic mass is 16.5. The molecule has 1 aromatic heterocycles. The van der Waals surface area contributed by atoms with Crippen molar-refractivity contribution in [1.82, 2.24) is 10.3 Å². The molecule has 2 N–H and O–H groups in total. The van der Waals surface area contributed by atoms with Gasteiger partial charge in [-0.05, 0) is 49.4 Å². The summed E-state index contributed by atoms with van der Waals surface area (Å²) < 4.78 is 5.81. The number of H-pyrrole nitrogens is 1. The minimum absolute atomic E-state index is 0.0787. The highest BCUT2D eigenvalue weighted by Crippen LogP contribution is 2.22. The van der Waals surface area contributed by atoms with Crippen LogP contribution < -0.4 is 10.1 Å². The van der Waals surface area contributed by atoms with Gasteiger partial charge in [0.15, 0.2) is 0 Å². The lowest BCUT2D eigenvalue weighted by Gasteiger charge is -2.12. The second-order valence-electron chi connectivity index (χ2n) is 6.63. The third-order valence-corrected chi connectivity index (χ3v) is 4.60. The normalized spacial score (nSPS) is 10.8. The van der Waals surface area contributed by atoms with E-state index in [9.17, 15) is 4.79 Å². The van der Waals surface area contributed by atoms with E-state index in [2.05, 4.69) is 22.4 Å². The molecule has 0 bridgehead atoms. The summed E-state index contributed by atoms with van der Waals surface area (Å²) in [4.78, 5) is 15.3. The van der Waals surface area contributed by atoms with Crippen LogP contribution in [0.2, 0.25) is 0 Å². The van der Waals surface area contributed by atoms with E-state index < -0.39 is 0 Å². The second-order valence-corrected chi connectivity index (χ2v) is 6.63. The number of para-hydroxylation sites is 2. The second kappa shape index (κ2) is 8.56. The Morgan fingerprint density at radius 3 is 2.65 bits per heavy atom. The molecule has 1 heterocycles. The number of rotatable bonds is 8. The van der Waals surface area contributed by atoms with Crippen molar-refractivity contribution in [3.05, 3.63) is 65.4 Å². The van der Waals surface area contributed by atoms with E-state index in [1.807, 2.05) is 50.4 Å². The summed E-state index contributed by atoms with van der Waals surface area (Å²) in [6, 6.07) is 14.3. The van der Waals surface area contributed by atoms with Gasteiger partial charge >= 0.3 is 0 Å². The molecule has 4 heteroatoms. The summed E-state index contributed by atoms with van der Waals surface area (Å²) >= 11 is 0. The van der Waals surface area contributed by atoms with Crippen LogP contribution in [0.4, 0.5) is 0 Å². The van der Waals surface area contributed by atoms with Crippen molar-refractivity contribution >= 4 is 16.8 Å². The van der Waals surface area contributed by atoms with E-state index in [-0.39, 0.29) is 5.91 Å². The number of aryl methyl sites for hydroxylation is 3. The summed E-state index contributed by atoms with van der Waals surface area (Å²) in [6.07, 6.45) is 4.31. The Hall–Kier alpha value is -2.75. The van der Waals surface area contributed by atoms with Gasteiger partial charge in [0, 0.05) is 23.5 Å². The van der Waals surface area contributed by atoms with Crippen molar-refractivity contribution in [3.8, 4) is 5.75 Å². The average molecular weight is 350 g/mol. The lowest BCUT2D eigenvalue weighted by atomic mass is 10.1. The summed E-state index contributed by atoms with van der Waals surface area (Å²) in [6.45, 7) is 5.08. The van der Waals surface area contributed by atoms with Gasteiger partial charge in [-0.3, -0.25) is 4.79 Å². The number of nitrogens with one attached hydrogen (secondary N) is 2. The summed E-state index contributed by atoms with van der Waals surface area (Å²) in [5.74, 6) is 0.996. The van der Waals surface area contributed by atoms with E-state index in [4.69, 9.17) is 4.74 Å². The van der Waals surface area contributed by atoms with Crippen molar-refractivity contribution in [3.63, 3.8) is 0 Å². The maximum Gasteiger partial charge on any atom is 0.220 e. The predicted molar refractivity (Wildman–Crippen MR) is 106 cm³/mol. The Labute approximate surface area is 154 Å². The van der Waals surface area contributed by atoms with E-state index >= 15 is 0 Å². The number of carbonyl (C=O) groups excluding carboxylic acids is 1. The molecule has 0 spiro atoms. The van der Waals surface area contributed by atoms with Crippen LogP contribution in [0.5, 0.6) is 5.75 Å². The summed E-state index contributed by atoms with van der Waals surface area (Å²) in [7, 11) is 0. The van der Waals surface area contributed by atoms with E-state index in [0.717, 1.165) is 35.2 Å². The van der Waals surface area contributed by atoms with Crippen LogP contribution in [0.15, 0.2) is 48.7 Å². The Morgan fingerprint density at radius 1 is 1.08 bits per heavy atom. The van der Waals surface area contributed by atoms with Crippen LogP contribution in [0, 0.1) is 13.8 Å². The molecule has 0 fully saturated rings. The van der Waals surface area contributed by atoms with Crippen LogP contribution in [0.1, 0.15) is 29.5 Å². The zero-order chi connectivity index (χ0) is 18.4. The van der Waals surface area contributed by atoms with Crippen molar-refractivity contribution in [1.29, 1.82) is 0 Å². The number of benzene rings is 2. The SMILES string of the molecule is Cc1cccc(C)c1OCCNC(=O)CCCc1c[nH]c2ccccc12. The quantitative estimate of drug-likeness (QED) is 0.595. The number of hydrogen-bond donors (Lipinski definition) is 2. The van der Waals surface area contributed by atoms with Gasteiger partial charge in [0.05, 0.1) is 6.54 Å². The monoisotopic (exact) mass is 350 g/mol.